The van der Waals surface area contributed by atoms with Crippen molar-refractivity contribution in [1.82, 2.24) is 0 Å². The second kappa shape index (κ2) is 8.25. The summed E-state index contributed by atoms with van der Waals surface area (Å²) in [5.41, 5.74) is -7.01. The highest BCUT2D eigenvalue weighted by Crippen LogP contribution is 2.59. The molecule has 3 rings (SSSR count). The Bertz CT molecular complexity index is 1160. The van der Waals surface area contributed by atoms with Gasteiger partial charge in [0.1, 0.15) is 6.04 Å². The Kier molecular flexibility index (Phi) is 6.18. The van der Waals surface area contributed by atoms with Crippen molar-refractivity contribution in [3.8, 4) is 6.07 Å². The summed E-state index contributed by atoms with van der Waals surface area (Å²) >= 11 is 0. The number of nitriles is 1. The molecule has 0 aromatic heterocycles. The summed E-state index contributed by atoms with van der Waals surface area (Å²) < 4.78 is 122. The van der Waals surface area contributed by atoms with Gasteiger partial charge in [0, 0.05) is 16.9 Å². The summed E-state index contributed by atoms with van der Waals surface area (Å²) in [7, 11) is 0. The molecule has 11 heteroatoms. The van der Waals surface area contributed by atoms with Gasteiger partial charge in [0.25, 0.3) is 0 Å². The zero-order valence-electron chi connectivity index (χ0n) is 17.7. The van der Waals surface area contributed by atoms with Gasteiger partial charge in [-0.3, -0.25) is 0 Å². The minimum Gasteiger partial charge on any atom is -0.320 e. The summed E-state index contributed by atoms with van der Waals surface area (Å²) in [5, 5.41) is 9.61. The van der Waals surface area contributed by atoms with Gasteiger partial charge >= 0.3 is 23.9 Å². The molecule has 0 N–H and O–H groups in total. The predicted molar refractivity (Wildman–Crippen MR) is 107 cm³/mol. The number of aryl methyl sites for hydroxylation is 2. The number of alkyl halides is 9. The van der Waals surface area contributed by atoms with E-state index in [9.17, 15) is 40.4 Å². The highest BCUT2D eigenvalue weighted by atomic mass is 19.4. The van der Waals surface area contributed by atoms with E-state index in [0.29, 0.717) is 23.4 Å². The molecule has 0 spiro atoms. The molecule has 0 bridgehead atoms. The lowest BCUT2D eigenvalue weighted by Crippen LogP contribution is -2.59. The van der Waals surface area contributed by atoms with Crippen LogP contribution >= 0.6 is 0 Å². The van der Waals surface area contributed by atoms with Gasteiger partial charge in [-0.1, -0.05) is 37.3 Å². The highest BCUT2D eigenvalue weighted by molar-refractivity contribution is 5.82. The summed E-state index contributed by atoms with van der Waals surface area (Å²) in [5.74, 6) is -6.76. The number of fused-ring (bicyclic) bond motifs is 1. The average molecular weight is 492 g/mol. The molecule has 2 aromatic carbocycles. The van der Waals surface area contributed by atoms with Crippen LogP contribution in [0.4, 0.5) is 50.9 Å². The highest BCUT2D eigenvalue weighted by Gasteiger charge is 2.81. The molecule has 182 valence electrons. The largest absolute Gasteiger partial charge is 0.457 e. The predicted octanol–water partition coefficient (Wildman–Crippen LogP) is 7.54. The molecule has 34 heavy (non-hydrogen) atoms. The quantitative estimate of drug-likeness (QED) is 0.413. The Morgan fingerprint density at radius 2 is 1.56 bits per heavy atom. The van der Waals surface area contributed by atoms with Crippen molar-refractivity contribution in [2.24, 2.45) is 0 Å². The zero-order chi connectivity index (χ0) is 25.7. The second-order valence-corrected chi connectivity index (χ2v) is 7.74. The molecule has 0 amide bonds. The maximum atomic E-state index is 15.1. The third-order valence-electron chi connectivity index (χ3n) is 5.64. The van der Waals surface area contributed by atoms with Gasteiger partial charge in [-0.05, 0) is 48.2 Å². The van der Waals surface area contributed by atoms with Crippen LogP contribution in [-0.4, -0.2) is 24.3 Å². The van der Waals surface area contributed by atoms with E-state index in [4.69, 9.17) is 0 Å². The Morgan fingerprint density at radius 1 is 0.941 bits per heavy atom. The standard InChI is InChI=1S/C23H17F9N2/c1-3-14-11-16(20(24,22(27,28)29)21(25,26)23(30,31)32)10-13(2)19(14)34-17(12-33)9-8-15-6-4-5-7-18(15)34/h4-11,17H,3H2,1-2H3. The molecule has 1 aliphatic rings. The van der Waals surface area contributed by atoms with E-state index in [1.807, 2.05) is 6.07 Å². The SMILES string of the molecule is CCc1cc(C(F)(C(F)(F)F)C(F)(F)C(F)(F)F)cc(C)c1N1c2ccccc2C=CC1C#N. The number of halogens is 9. The summed E-state index contributed by atoms with van der Waals surface area (Å²) in [6, 6.07) is 8.38. The molecule has 0 saturated carbocycles. The fourth-order valence-electron chi connectivity index (χ4n) is 4.02. The topological polar surface area (TPSA) is 27.0 Å². The van der Waals surface area contributed by atoms with Crippen molar-refractivity contribution in [3.63, 3.8) is 0 Å². The Hall–Kier alpha value is -3.16. The molecule has 0 radical (unpaired) electrons. The van der Waals surface area contributed by atoms with E-state index in [1.54, 1.807) is 30.3 Å². The second-order valence-electron chi connectivity index (χ2n) is 7.74. The Morgan fingerprint density at radius 3 is 2.09 bits per heavy atom. The monoisotopic (exact) mass is 492 g/mol. The number of para-hydroxylation sites is 1. The van der Waals surface area contributed by atoms with Crippen LogP contribution in [0.15, 0.2) is 42.5 Å². The van der Waals surface area contributed by atoms with Crippen molar-refractivity contribution < 1.29 is 39.5 Å². The zero-order valence-corrected chi connectivity index (χ0v) is 17.7. The molecule has 2 atom stereocenters. The van der Waals surface area contributed by atoms with Crippen LogP contribution < -0.4 is 4.90 Å². The number of hydrogen-bond acceptors (Lipinski definition) is 2. The van der Waals surface area contributed by atoms with Gasteiger partial charge in [0.15, 0.2) is 0 Å². The molecule has 2 nitrogen and oxygen atoms in total. The molecule has 2 unspecified atom stereocenters. The Balaban J connectivity index is 2.32. The normalized spacial score (nSPS) is 18.3. The minimum absolute atomic E-state index is 0.120. The first kappa shape index (κ1) is 25.5. The third-order valence-corrected chi connectivity index (χ3v) is 5.64. The van der Waals surface area contributed by atoms with Gasteiger partial charge in [0.05, 0.1) is 6.07 Å². The van der Waals surface area contributed by atoms with Crippen LogP contribution in [0.5, 0.6) is 0 Å². The van der Waals surface area contributed by atoms with Crippen LogP contribution in [-0.2, 0) is 12.1 Å². The average Bonchev–Trinajstić information content (AvgIpc) is 2.75. The molecule has 0 saturated heterocycles. The maximum Gasteiger partial charge on any atom is 0.457 e. The number of hydrogen-bond donors (Lipinski definition) is 0. The fourth-order valence-corrected chi connectivity index (χ4v) is 4.02. The summed E-state index contributed by atoms with van der Waals surface area (Å²) in [6.45, 7) is 2.58. The van der Waals surface area contributed by atoms with E-state index >= 15 is 4.39 Å². The first-order valence-electron chi connectivity index (χ1n) is 9.92. The van der Waals surface area contributed by atoms with Crippen molar-refractivity contribution in [3.05, 3.63) is 64.7 Å². The molecular weight excluding hydrogens is 475 g/mol. The van der Waals surface area contributed by atoms with E-state index < -0.39 is 35.5 Å². The maximum absolute atomic E-state index is 15.1. The van der Waals surface area contributed by atoms with Gasteiger partial charge in [-0.25, -0.2) is 4.39 Å². The van der Waals surface area contributed by atoms with Crippen LogP contribution in [0.2, 0.25) is 0 Å². The van der Waals surface area contributed by atoms with Crippen LogP contribution in [0.3, 0.4) is 0 Å². The third kappa shape index (κ3) is 3.69. The molecule has 1 heterocycles. The summed E-state index contributed by atoms with van der Waals surface area (Å²) in [4.78, 5) is 1.43. The van der Waals surface area contributed by atoms with Gasteiger partial charge in [0.2, 0.25) is 0 Å². The molecule has 0 fully saturated rings. The lowest BCUT2D eigenvalue weighted by Gasteiger charge is -2.38. The van der Waals surface area contributed by atoms with Crippen LogP contribution in [0.1, 0.15) is 29.2 Å². The molecule has 2 aromatic rings. The molecule has 0 aliphatic carbocycles. The van der Waals surface area contributed by atoms with Gasteiger partial charge < -0.3 is 4.90 Å². The number of nitrogens with zero attached hydrogens (tertiary/aromatic N) is 2. The van der Waals surface area contributed by atoms with E-state index in [-0.39, 0.29) is 23.2 Å². The lowest BCUT2D eigenvalue weighted by molar-refractivity contribution is -0.389. The smallest absolute Gasteiger partial charge is 0.320 e. The Labute approximate surface area is 188 Å². The fraction of sp³-hybridized carbons (Fsp3) is 0.348. The number of benzene rings is 2. The van der Waals surface area contributed by atoms with Crippen molar-refractivity contribution >= 4 is 17.5 Å². The van der Waals surface area contributed by atoms with E-state index in [2.05, 4.69) is 0 Å². The van der Waals surface area contributed by atoms with Crippen molar-refractivity contribution in [1.29, 1.82) is 5.26 Å². The van der Waals surface area contributed by atoms with Crippen LogP contribution in [0, 0.1) is 18.3 Å². The van der Waals surface area contributed by atoms with E-state index in [0.717, 1.165) is 6.92 Å². The van der Waals surface area contributed by atoms with Crippen LogP contribution in [0.25, 0.3) is 6.08 Å². The lowest BCUT2D eigenvalue weighted by atomic mass is 9.84. The first-order valence-corrected chi connectivity index (χ1v) is 9.92. The van der Waals surface area contributed by atoms with Crippen molar-refractivity contribution in [2.75, 3.05) is 4.90 Å². The van der Waals surface area contributed by atoms with Gasteiger partial charge in [-0.15, -0.1) is 0 Å². The van der Waals surface area contributed by atoms with E-state index in [1.165, 1.54) is 17.9 Å². The molecule has 1 aliphatic heterocycles. The number of anilines is 2. The van der Waals surface area contributed by atoms with Crippen molar-refractivity contribution in [2.45, 2.75) is 50.3 Å². The van der Waals surface area contributed by atoms with Gasteiger partial charge in [-0.2, -0.15) is 40.4 Å². The molecular formula is C23H17F9N2. The number of rotatable bonds is 4. The first-order chi connectivity index (χ1) is 15.6. The minimum atomic E-state index is -6.81. The summed E-state index contributed by atoms with van der Waals surface area (Å²) in [6.07, 6.45) is -10.4.